The third-order valence-electron chi connectivity index (χ3n) is 3.90. The first-order valence-corrected chi connectivity index (χ1v) is 12.0. The number of azide groups is 1. The summed E-state index contributed by atoms with van der Waals surface area (Å²) in [6, 6.07) is 0. The lowest BCUT2D eigenvalue weighted by Gasteiger charge is -2.24. The van der Waals surface area contributed by atoms with E-state index in [0.29, 0.717) is 72.4 Å². The molecule has 0 heterocycles. The van der Waals surface area contributed by atoms with E-state index in [9.17, 15) is 13.2 Å². The van der Waals surface area contributed by atoms with Crippen molar-refractivity contribution in [3.8, 4) is 0 Å². The van der Waals surface area contributed by atoms with Crippen LogP contribution in [-0.4, -0.2) is 92.3 Å². The van der Waals surface area contributed by atoms with Crippen LogP contribution in [0.5, 0.6) is 0 Å². The molecule has 0 aromatic heterocycles. The van der Waals surface area contributed by atoms with Gasteiger partial charge in [-0.15, -0.1) is 0 Å². The SMILES string of the molecule is CC(C)(CCS(C)(=O)=O)CNC(=O)CCOCCOCCOCCOCCN=[N+]=[N-]. The molecule has 0 aromatic rings. The van der Waals surface area contributed by atoms with E-state index in [1.165, 1.54) is 6.26 Å². The quantitative estimate of drug-likeness (QED) is 0.127. The van der Waals surface area contributed by atoms with Crippen LogP contribution in [0.1, 0.15) is 26.7 Å². The summed E-state index contributed by atoms with van der Waals surface area (Å²) in [5, 5.41) is 6.16. The van der Waals surface area contributed by atoms with Crippen molar-refractivity contribution in [2.45, 2.75) is 26.7 Å². The highest BCUT2D eigenvalue weighted by atomic mass is 32.2. The van der Waals surface area contributed by atoms with Gasteiger partial charge < -0.3 is 24.3 Å². The minimum absolute atomic E-state index is 0.108. The summed E-state index contributed by atoms with van der Waals surface area (Å²) in [5.74, 6) is -0.0187. The Morgan fingerprint density at radius 1 is 0.967 bits per heavy atom. The molecule has 0 aliphatic rings. The summed E-state index contributed by atoms with van der Waals surface area (Å²) >= 11 is 0. The van der Waals surface area contributed by atoms with Crippen molar-refractivity contribution >= 4 is 15.7 Å². The van der Waals surface area contributed by atoms with Gasteiger partial charge in [0, 0.05) is 30.7 Å². The molecule has 30 heavy (non-hydrogen) atoms. The highest BCUT2D eigenvalue weighted by Gasteiger charge is 2.20. The molecule has 0 bridgehead atoms. The standard InChI is InChI=1S/C18H36N4O7S/c1-18(2,5-15-30(3,24)25)16-20-17(23)4-7-26-9-11-28-13-14-29-12-10-27-8-6-21-22-19/h4-16H2,1-3H3,(H,20,23). The summed E-state index contributed by atoms with van der Waals surface area (Å²) in [5.41, 5.74) is 7.80. The van der Waals surface area contributed by atoms with Gasteiger partial charge in [0.2, 0.25) is 5.91 Å². The second kappa shape index (κ2) is 17.3. The largest absolute Gasteiger partial charge is 0.379 e. The fourth-order valence-electron chi connectivity index (χ4n) is 2.05. The third kappa shape index (κ3) is 21.3. The molecule has 0 unspecified atom stereocenters. The molecule has 11 nitrogen and oxygen atoms in total. The van der Waals surface area contributed by atoms with Crippen molar-refractivity contribution in [2.75, 3.05) is 78.0 Å². The van der Waals surface area contributed by atoms with Gasteiger partial charge in [-0.05, 0) is 17.4 Å². The molecule has 0 saturated heterocycles. The summed E-state index contributed by atoms with van der Waals surface area (Å²) in [6.45, 7) is 7.79. The number of carbonyl (C=O) groups is 1. The van der Waals surface area contributed by atoms with Crippen LogP contribution in [0.15, 0.2) is 5.11 Å². The Kier molecular flexibility index (Phi) is 16.4. The monoisotopic (exact) mass is 452 g/mol. The predicted octanol–water partition coefficient (Wildman–Crippen LogP) is 1.33. The number of amides is 1. The van der Waals surface area contributed by atoms with Crippen molar-refractivity contribution in [2.24, 2.45) is 10.5 Å². The molecular weight excluding hydrogens is 416 g/mol. The first kappa shape index (κ1) is 28.6. The number of ether oxygens (including phenoxy) is 4. The third-order valence-corrected chi connectivity index (χ3v) is 4.85. The summed E-state index contributed by atoms with van der Waals surface area (Å²) in [7, 11) is -3.00. The van der Waals surface area contributed by atoms with E-state index < -0.39 is 9.84 Å². The molecule has 0 spiro atoms. The maximum atomic E-state index is 11.8. The molecule has 0 atom stereocenters. The highest BCUT2D eigenvalue weighted by molar-refractivity contribution is 7.90. The zero-order valence-corrected chi connectivity index (χ0v) is 19.1. The Bertz CT molecular complexity index is 608. The normalized spacial score (nSPS) is 11.8. The number of nitrogens with zero attached hydrogens (tertiary/aromatic N) is 3. The fraction of sp³-hybridized carbons (Fsp3) is 0.944. The van der Waals surface area contributed by atoms with Crippen molar-refractivity contribution in [1.29, 1.82) is 0 Å². The average Bonchev–Trinajstić information content (AvgIpc) is 2.67. The Balaban J connectivity index is 3.45. The van der Waals surface area contributed by atoms with E-state index >= 15 is 0 Å². The average molecular weight is 453 g/mol. The molecule has 0 aliphatic heterocycles. The van der Waals surface area contributed by atoms with E-state index in [1.807, 2.05) is 13.8 Å². The summed E-state index contributed by atoms with van der Waals surface area (Å²) in [6.07, 6.45) is 1.95. The van der Waals surface area contributed by atoms with Gasteiger partial charge in [-0.2, -0.15) is 0 Å². The van der Waals surface area contributed by atoms with Crippen molar-refractivity contribution < 1.29 is 32.2 Å². The van der Waals surface area contributed by atoms with E-state index in [4.69, 9.17) is 24.5 Å². The Labute approximate surface area is 179 Å². The van der Waals surface area contributed by atoms with Gasteiger partial charge in [0.15, 0.2) is 0 Å². The van der Waals surface area contributed by atoms with E-state index in [0.717, 1.165) is 0 Å². The van der Waals surface area contributed by atoms with Crippen LogP contribution in [0.4, 0.5) is 0 Å². The van der Waals surface area contributed by atoms with Crippen LogP contribution in [-0.2, 0) is 33.6 Å². The first-order valence-electron chi connectivity index (χ1n) is 9.92. The molecule has 0 radical (unpaired) electrons. The van der Waals surface area contributed by atoms with E-state index in [1.54, 1.807) is 0 Å². The second-order valence-electron chi connectivity index (χ2n) is 7.47. The van der Waals surface area contributed by atoms with Crippen LogP contribution < -0.4 is 5.32 Å². The van der Waals surface area contributed by atoms with Gasteiger partial charge in [0.05, 0.1) is 58.6 Å². The zero-order chi connectivity index (χ0) is 22.7. The molecule has 176 valence electrons. The molecule has 1 amide bonds. The number of hydrogen-bond acceptors (Lipinski definition) is 8. The van der Waals surface area contributed by atoms with Gasteiger partial charge in [0.1, 0.15) is 9.84 Å². The van der Waals surface area contributed by atoms with E-state index in [2.05, 4.69) is 15.3 Å². The first-order chi connectivity index (χ1) is 14.2. The Morgan fingerprint density at radius 3 is 1.97 bits per heavy atom. The lowest BCUT2D eigenvalue weighted by molar-refractivity contribution is -0.122. The summed E-state index contributed by atoms with van der Waals surface area (Å²) < 4.78 is 43.7. The van der Waals surface area contributed by atoms with Gasteiger partial charge in [-0.1, -0.05) is 19.0 Å². The number of hydrogen-bond donors (Lipinski definition) is 1. The zero-order valence-electron chi connectivity index (χ0n) is 18.3. The Hall–Kier alpha value is -1.43. The Morgan fingerprint density at radius 2 is 1.47 bits per heavy atom. The molecular formula is C18H36N4O7S. The predicted molar refractivity (Wildman–Crippen MR) is 113 cm³/mol. The minimum Gasteiger partial charge on any atom is -0.379 e. The van der Waals surface area contributed by atoms with Crippen LogP contribution in [0, 0.1) is 5.41 Å². The van der Waals surface area contributed by atoms with Crippen LogP contribution in [0.25, 0.3) is 10.4 Å². The number of nitrogens with one attached hydrogen (secondary N) is 1. The lowest BCUT2D eigenvalue weighted by atomic mass is 9.90. The van der Waals surface area contributed by atoms with Gasteiger partial charge in [0.25, 0.3) is 0 Å². The topological polar surface area (TPSA) is 149 Å². The molecule has 0 aromatic carbocycles. The van der Waals surface area contributed by atoms with Crippen LogP contribution in [0.2, 0.25) is 0 Å². The number of rotatable bonds is 20. The molecule has 0 saturated carbocycles. The van der Waals surface area contributed by atoms with Gasteiger partial charge in [-0.3, -0.25) is 4.79 Å². The molecule has 0 fully saturated rings. The van der Waals surface area contributed by atoms with Crippen molar-refractivity contribution in [3.05, 3.63) is 10.4 Å². The minimum atomic E-state index is -3.00. The maximum absolute atomic E-state index is 11.8. The van der Waals surface area contributed by atoms with Crippen LogP contribution in [0.3, 0.4) is 0 Å². The van der Waals surface area contributed by atoms with Gasteiger partial charge >= 0.3 is 0 Å². The van der Waals surface area contributed by atoms with Crippen molar-refractivity contribution in [1.82, 2.24) is 5.32 Å². The smallest absolute Gasteiger partial charge is 0.222 e. The highest BCUT2D eigenvalue weighted by Crippen LogP contribution is 2.19. The van der Waals surface area contributed by atoms with Crippen LogP contribution >= 0.6 is 0 Å². The molecule has 1 N–H and O–H groups in total. The van der Waals surface area contributed by atoms with Gasteiger partial charge in [-0.25, -0.2) is 8.42 Å². The summed E-state index contributed by atoms with van der Waals surface area (Å²) in [4.78, 5) is 14.5. The van der Waals surface area contributed by atoms with E-state index in [-0.39, 0.29) is 23.5 Å². The fourth-order valence-corrected chi connectivity index (χ4v) is 2.98. The lowest BCUT2D eigenvalue weighted by Crippen LogP contribution is -2.35. The number of sulfone groups is 1. The number of carbonyl (C=O) groups excluding carboxylic acids is 1. The van der Waals surface area contributed by atoms with Crippen molar-refractivity contribution in [3.63, 3.8) is 0 Å². The maximum Gasteiger partial charge on any atom is 0.222 e. The molecule has 0 rings (SSSR count). The second-order valence-corrected chi connectivity index (χ2v) is 9.73. The molecule has 0 aliphatic carbocycles. The molecule has 12 heteroatoms.